The van der Waals surface area contributed by atoms with Crippen molar-refractivity contribution in [3.05, 3.63) is 161 Å². The smallest absolute Gasteiger partial charge is 0.264 e. The summed E-state index contributed by atoms with van der Waals surface area (Å²) in [5.41, 5.74) is 3.20. The fourth-order valence-corrected chi connectivity index (χ4v) is 7.68. The highest BCUT2D eigenvalue weighted by Crippen LogP contribution is 2.47. The first-order valence-corrected chi connectivity index (χ1v) is 19.3. The maximum Gasteiger partial charge on any atom is 0.264 e. The van der Waals surface area contributed by atoms with Gasteiger partial charge in [0.1, 0.15) is 11.5 Å². The molecule has 2 aliphatic heterocycles. The molecule has 3 atom stereocenters. The van der Waals surface area contributed by atoms with Crippen LogP contribution in [0.2, 0.25) is 0 Å². The number of fused-ring (bicyclic) bond motifs is 2. The average molecular weight is 795 g/mol. The topological polar surface area (TPSA) is 158 Å². The van der Waals surface area contributed by atoms with E-state index in [0.717, 1.165) is 11.1 Å². The Labute approximate surface area is 342 Å². The molecule has 5 aromatic carbocycles. The van der Waals surface area contributed by atoms with E-state index in [0.29, 0.717) is 58.2 Å². The van der Waals surface area contributed by atoms with Crippen LogP contribution >= 0.6 is 0 Å². The van der Waals surface area contributed by atoms with Gasteiger partial charge in [0.2, 0.25) is 5.91 Å². The minimum absolute atomic E-state index is 0.00313. The first-order valence-electron chi connectivity index (χ1n) is 19.3. The van der Waals surface area contributed by atoms with Crippen LogP contribution in [0.15, 0.2) is 127 Å². The van der Waals surface area contributed by atoms with Crippen molar-refractivity contribution in [1.29, 1.82) is 0 Å². The Balaban J connectivity index is 1.14. The number of benzene rings is 5. The summed E-state index contributed by atoms with van der Waals surface area (Å²) in [6.07, 6.45) is 3.86. The Bertz CT molecular complexity index is 2400. The number of aliphatic hydroxyl groups is 2. The highest BCUT2D eigenvalue weighted by Gasteiger charge is 2.52. The molecule has 5 aromatic rings. The predicted octanol–water partition coefficient (Wildman–Crippen LogP) is 6.47. The van der Waals surface area contributed by atoms with Crippen molar-refractivity contribution in [2.24, 2.45) is 5.92 Å². The van der Waals surface area contributed by atoms with Crippen LogP contribution in [0.3, 0.4) is 0 Å². The molecule has 4 amide bonds. The highest BCUT2D eigenvalue weighted by atomic mass is 16.5. The van der Waals surface area contributed by atoms with Crippen LogP contribution < -0.4 is 25.0 Å². The van der Waals surface area contributed by atoms with Gasteiger partial charge in [-0.3, -0.25) is 19.2 Å². The van der Waals surface area contributed by atoms with Gasteiger partial charge in [-0.15, -0.1) is 0 Å². The van der Waals surface area contributed by atoms with Gasteiger partial charge < -0.3 is 40.1 Å². The molecule has 7 rings (SSSR count). The molecule has 0 spiro atoms. The molecule has 4 N–H and O–H groups in total. The first-order chi connectivity index (χ1) is 28.5. The number of nitrogens with zero attached hydrogens (tertiary/aromatic N) is 2. The molecule has 0 aliphatic carbocycles. The van der Waals surface area contributed by atoms with Crippen molar-refractivity contribution >= 4 is 40.7 Å². The lowest BCUT2D eigenvalue weighted by Gasteiger charge is -2.36. The SMILES string of the molecule is COc1ccc(C(=O)Nc2cccc(CN3C(=O)[C@@](O)([C@@H](C)/C=C/CC(=O)N4Cc5ccccc5C[C@H]4CO)c4cc(NC(=O)c5ccc(OC)cc5)ccc43)c2)cc1. The van der Waals surface area contributed by atoms with Gasteiger partial charge in [0.05, 0.1) is 39.1 Å². The van der Waals surface area contributed by atoms with Gasteiger partial charge in [0.25, 0.3) is 17.7 Å². The molecule has 2 heterocycles. The van der Waals surface area contributed by atoms with Crippen LogP contribution in [-0.4, -0.2) is 65.6 Å². The van der Waals surface area contributed by atoms with E-state index in [4.69, 9.17) is 9.47 Å². The van der Waals surface area contributed by atoms with Gasteiger partial charge >= 0.3 is 0 Å². The summed E-state index contributed by atoms with van der Waals surface area (Å²) in [6, 6.07) is 32.9. The molecule has 302 valence electrons. The van der Waals surface area contributed by atoms with Crippen molar-refractivity contribution in [2.75, 3.05) is 36.4 Å². The second-order valence-corrected chi connectivity index (χ2v) is 14.7. The van der Waals surface area contributed by atoms with Gasteiger partial charge in [-0.25, -0.2) is 0 Å². The molecular formula is C47H46N4O8. The van der Waals surface area contributed by atoms with Gasteiger partial charge in [-0.2, -0.15) is 0 Å². The molecule has 0 aromatic heterocycles. The monoisotopic (exact) mass is 794 g/mol. The molecule has 0 unspecified atom stereocenters. The van der Waals surface area contributed by atoms with Crippen molar-refractivity contribution in [2.45, 2.75) is 44.5 Å². The van der Waals surface area contributed by atoms with E-state index in [-0.39, 0.29) is 48.9 Å². The van der Waals surface area contributed by atoms with Crippen LogP contribution in [0.5, 0.6) is 11.5 Å². The molecule has 2 aliphatic rings. The fourth-order valence-electron chi connectivity index (χ4n) is 7.68. The summed E-state index contributed by atoms with van der Waals surface area (Å²) in [5.74, 6) is -1.06. The minimum Gasteiger partial charge on any atom is -0.497 e. The first kappa shape index (κ1) is 40.4. The fraction of sp³-hybridized carbons (Fsp3) is 0.234. The summed E-state index contributed by atoms with van der Waals surface area (Å²) in [6.45, 7) is 1.98. The number of carbonyl (C=O) groups is 4. The number of hydrogen-bond acceptors (Lipinski definition) is 8. The van der Waals surface area contributed by atoms with E-state index in [9.17, 15) is 29.4 Å². The molecule has 0 saturated heterocycles. The Morgan fingerprint density at radius 2 is 1.42 bits per heavy atom. The van der Waals surface area contributed by atoms with Crippen LogP contribution in [0.25, 0.3) is 0 Å². The van der Waals surface area contributed by atoms with Crippen molar-refractivity contribution in [3.63, 3.8) is 0 Å². The summed E-state index contributed by atoms with van der Waals surface area (Å²) in [7, 11) is 3.09. The lowest BCUT2D eigenvalue weighted by atomic mass is 9.82. The maximum absolute atomic E-state index is 14.5. The number of rotatable bonds is 13. The maximum atomic E-state index is 14.5. The standard InChI is InChI=1S/C47H46N4O8/c1-30(8-6-13-43(53)50-28-35-11-5-4-10-34(35)25-38(50)29-52)47(57)41-26-37(49-45(55)33-16-21-40(59-3)22-17-33)18-23-42(41)51(46(47)56)27-31-9-7-12-36(24-31)48-44(54)32-14-19-39(58-2)20-15-32/h4-12,14-24,26,30,38,52,57H,13,25,27-29H2,1-3H3,(H,48,54)(H,49,55)/b8-6+/t30-,38-,47+/m0/s1. The van der Waals surface area contributed by atoms with Gasteiger partial charge in [0.15, 0.2) is 5.60 Å². The number of aliphatic hydroxyl groups excluding tert-OH is 1. The second kappa shape index (κ2) is 17.4. The summed E-state index contributed by atoms with van der Waals surface area (Å²) in [5, 5.41) is 28.4. The van der Waals surface area contributed by atoms with Crippen molar-refractivity contribution in [3.8, 4) is 11.5 Å². The minimum atomic E-state index is -2.08. The zero-order valence-electron chi connectivity index (χ0n) is 33.1. The third-order valence-electron chi connectivity index (χ3n) is 11.0. The molecule has 12 heteroatoms. The van der Waals surface area contributed by atoms with E-state index in [2.05, 4.69) is 10.6 Å². The molecule has 0 radical (unpaired) electrons. The average Bonchev–Trinajstić information content (AvgIpc) is 3.47. The van der Waals surface area contributed by atoms with Gasteiger partial charge in [-0.05, 0) is 102 Å². The highest BCUT2D eigenvalue weighted by molar-refractivity contribution is 6.09. The van der Waals surface area contributed by atoms with E-state index < -0.39 is 17.4 Å². The van der Waals surface area contributed by atoms with Crippen LogP contribution in [-0.2, 0) is 34.7 Å². The quantitative estimate of drug-likeness (QED) is 0.0989. The summed E-state index contributed by atoms with van der Waals surface area (Å²) >= 11 is 0. The Hall–Kier alpha value is -6.76. The van der Waals surface area contributed by atoms with E-state index in [1.54, 1.807) is 123 Å². The largest absolute Gasteiger partial charge is 0.497 e. The number of hydrogen-bond donors (Lipinski definition) is 4. The molecule has 0 bridgehead atoms. The Kier molecular flexibility index (Phi) is 11.9. The molecule has 59 heavy (non-hydrogen) atoms. The van der Waals surface area contributed by atoms with Crippen LogP contribution in [0, 0.1) is 5.92 Å². The van der Waals surface area contributed by atoms with E-state index >= 15 is 0 Å². The van der Waals surface area contributed by atoms with Gasteiger partial charge in [0, 0.05) is 46.9 Å². The molecule has 0 fully saturated rings. The van der Waals surface area contributed by atoms with Crippen LogP contribution in [0.1, 0.15) is 56.3 Å². The summed E-state index contributed by atoms with van der Waals surface area (Å²) in [4.78, 5) is 57.5. The van der Waals surface area contributed by atoms with Crippen molar-refractivity contribution in [1.82, 2.24) is 4.90 Å². The molecule has 0 saturated carbocycles. The second-order valence-electron chi connectivity index (χ2n) is 14.7. The zero-order valence-corrected chi connectivity index (χ0v) is 33.1. The van der Waals surface area contributed by atoms with Crippen molar-refractivity contribution < 1.29 is 38.9 Å². The Morgan fingerprint density at radius 3 is 2.03 bits per heavy atom. The molecular weight excluding hydrogens is 749 g/mol. The molecule has 12 nitrogen and oxygen atoms in total. The Morgan fingerprint density at radius 1 is 0.814 bits per heavy atom. The van der Waals surface area contributed by atoms with Gasteiger partial charge in [-0.1, -0.05) is 55.5 Å². The number of carbonyl (C=O) groups excluding carboxylic acids is 4. The number of anilines is 3. The third-order valence-corrected chi connectivity index (χ3v) is 11.0. The predicted molar refractivity (Wildman–Crippen MR) is 224 cm³/mol. The number of amides is 4. The van der Waals surface area contributed by atoms with E-state index in [1.165, 1.54) is 4.90 Å². The number of ether oxygens (including phenoxy) is 2. The normalized spacial score (nSPS) is 17.6. The number of nitrogens with one attached hydrogen (secondary N) is 2. The lowest BCUT2D eigenvalue weighted by molar-refractivity contribution is -0.139. The number of methoxy groups -OCH3 is 2. The summed E-state index contributed by atoms with van der Waals surface area (Å²) < 4.78 is 10.4. The van der Waals surface area contributed by atoms with Crippen LogP contribution in [0.4, 0.5) is 17.1 Å². The third kappa shape index (κ3) is 8.45. The lowest BCUT2D eigenvalue weighted by Crippen LogP contribution is -2.46. The zero-order chi connectivity index (χ0) is 41.7. The van der Waals surface area contributed by atoms with E-state index in [1.807, 2.05) is 30.3 Å².